The van der Waals surface area contributed by atoms with E-state index in [1.807, 2.05) is 0 Å². The van der Waals surface area contributed by atoms with E-state index in [0.29, 0.717) is 0 Å². The monoisotopic (exact) mass is 184 g/mol. The number of carbonyl (C=O) groups is 2. The quantitative estimate of drug-likeness (QED) is 0.659. The molecular weight excluding hydrogens is 176 g/mol. The SMILES string of the molecule is O=C(O)CCCC(=O)O.[Cr]. The van der Waals surface area contributed by atoms with Crippen LogP contribution in [0.5, 0.6) is 0 Å². The molecule has 0 unspecified atom stereocenters. The summed E-state index contributed by atoms with van der Waals surface area (Å²) in [6.07, 6.45) is 0.0866. The minimum Gasteiger partial charge on any atom is -0.481 e. The molecular formula is C5H8CrO4. The molecule has 0 aromatic rings. The Morgan fingerprint density at radius 2 is 1.30 bits per heavy atom. The summed E-state index contributed by atoms with van der Waals surface area (Å²) in [6, 6.07) is 0. The van der Waals surface area contributed by atoms with Crippen molar-refractivity contribution < 1.29 is 37.2 Å². The maximum Gasteiger partial charge on any atom is 0.303 e. The minimum atomic E-state index is -0.948. The van der Waals surface area contributed by atoms with Gasteiger partial charge in [-0.3, -0.25) is 9.59 Å². The van der Waals surface area contributed by atoms with Crippen LogP contribution in [0.15, 0.2) is 0 Å². The van der Waals surface area contributed by atoms with Gasteiger partial charge in [-0.05, 0) is 6.42 Å². The van der Waals surface area contributed by atoms with E-state index in [4.69, 9.17) is 10.2 Å². The zero-order valence-corrected chi connectivity index (χ0v) is 6.52. The zero-order valence-electron chi connectivity index (χ0n) is 5.24. The summed E-state index contributed by atoms with van der Waals surface area (Å²) in [6.45, 7) is 0. The van der Waals surface area contributed by atoms with E-state index < -0.39 is 11.9 Å². The predicted octanol–water partition coefficient (Wildman–Crippen LogP) is 0.323. The van der Waals surface area contributed by atoms with Gasteiger partial charge in [-0.1, -0.05) is 0 Å². The third kappa shape index (κ3) is 10.5. The summed E-state index contributed by atoms with van der Waals surface area (Å²) in [5.74, 6) is -1.90. The molecule has 0 fully saturated rings. The van der Waals surface area contributed by atoms with E-state index in [1.165, 1.54) is 0 Å². The number of rotatable bonds is 4. The van der Waals surface area contributed by atoms with Crippen molar-refractivity contribution in [1.29, 1.82) is 0 Å². The molecule has 4 nitrogen and oxygen atoms in total. The molecule has 0 amide bonds. The van der Waals surface area contributed by atoms with Crippen LogP contribution in [0.1, 0.15) is 19.3 Å². The van der Waals surface area contributed by atoms with Crippen molar-refractivity contribution in [2.45, 2.75) is 19.3 Å². The summed E-state index contributed by atoms with van der Waals surface area (Å²) >= 11 is 0. The van der Waals surface area contributed by atoms with Crippen LogP contribution in [0.2, 0.25) is 0 Å². The molecule has 58 valence electrons. The summed E-state index contributed by atoms with van der Waals surface area (Å²) in [7, 11) is 0. The molecule has 0 aliphatic rings. The first-order chi connectivity index (χ1) is 4.13. The number of hydrogen-bond acceptors (Lipinski definition) is 2. The molecule has 2 N–H and O–H groups in total. The summed E-state index contributed by atoms with van der Waals surface area (Å²) in [4.78, 5) is 19.6. The molecule has 0 rings (SSSR count). The van der Waals surface area contributed by atoms with Crippen LogP contribution < -0.4 is 0 Å². The van der Waals surface area contributed by atoms with Crippen LogP contribution >= 0.6 is 0 Å². The molecule has 5 heteroatoms. The predicted molar refractivity (Wildman–Crippen MR) is 29.1 cm³/mol. The van der Waals surface area contributed by atoms with Crippen LogP contribution in [0.3, 0.4) is 0 Å². The van der Waals surface area contributed by atoms with Crippen LogP contribution in [-0.2, 0) is 27.0 Å². The summed E-state index contributed by atoms with van der Waals surface area (Å²) < 4.78 is 0. The third-order valence-corrected chi connectivity index (χ3v) is 0.781. The van der Waals surface area contributed by atoms with Gasteiger partial charge in [-0.25, -0.2) is 0 Å². The maximum absolute atomic E-state index is 9.79. The molecule has 0 saturated carbocycles. The maximum atomic E-state index is 9.79. The fourth-order valence-corrected chi connectivity index (χ4v) is 0.391. The Morgan fingerprint density at radius 3 is 1.50 bits per heavy atom. The van der Waals surface area contributed by atoms with Gasteiger partial charge in [0.15, 0.2) is 0 Å². The van der Waals surface area contributed by atoms with Crippen molar-refractivity contribution in [2.75, 3.05) is 0 Å². The van der Waals surface area contributed by atoms with Gasteiger partial charge in [0, 0.05) is 30.2 Å². The van der Waals surface area contributed by atoms with Crippen molar-refractivity contribution in [3.8, 4) is 0 Å². The van der Waals surface area contributed by atoms with Crippen LogP contribution in [0.4, 0.5) is 0 Å². The molecule has 0 aliphatic carbocycles. The average Bonchev–Trinajstić information content (AvgIpc) is 1.63. The van der Waals surface area contributed by atoms with Gasteiger partial charge in [-0.15, -0.1) is 0 Å². The van der Waals surface area contributed by atoms with E-state index in [2.05, 4.69) is 0 Å². The van der Waals surface area contributed by atoms with E-state index in [-0.39, 0.29) is 36.6 Å². The van der Waals surface area contributed by atoms with E-state index in [0.717, 1.165) is 0 Å². The smallest absolute Gasteiger partial charge is 0.303 e. The van der Waals surface area contributed by atoms with Gasteiger partial charge >= 0.3 is 11.9 Å². The molecule has 0 aliphatic heterocycles. The molecule has 0 aromatic carbocycles. The van der Waals surface area contributed by atoms with Crippen molar-refractivity contribution in [3.05, 3.63) is 0 Å². The molecule has 0 spiro atoms. The number of carboxylic acid groups (broad SMARTS) is 2. The zero-order chi connectivity index (χ0) is 7.28. The normalized spacial score (nSPS) is 8.00. The first-order valence-corrected chi connectivity index (χ1v) is 2.56. The second-order valence-electron chi connectivity index (χ2n) is 1.64. The van der Waals surface area contributed by atoms with E-state index in [9.17, 15) is 9.59 Å². The summed E-state index contributed by atoms with van der Waals surface area (Å²) in [5, 5.41) is 16.1. The van der Waals surface area contributed by atoms with Crippen molar-refractivity contribution >= 4 is 11.9 Å². The molecule has 10 heavy (non-hydrogen) atoms. The fourth-order valence-electron chi connectivity index (χ4n) is 0.391. The number of aliphatic carboxylic acids is 2. The van der Waals surface area contributed by atoms with Crippen molar-refractivity contribution in [1.82, 2.24) is 0 Å². The van der Waals surface area contributed by atoms with Crippen LogP contribution in [0, 0.1) is 0 Å². The number of hydrogen-bond donors (Lipinski definition) is 2. The van der Waals surface area contributed by atoms with Crippen LogP contribution in [-0.4, -0.2) is 22.2 Å². The third-order valence-electron chi connectivity index (χ3n) is 0.781. The Morgan fingerprint density at radius 1 is 1.00 bits per heavy atom. The Balaban J connectivity index is 0. The molecule has 0 heterocycles. The van der Waals surface area contributed by atoms with Crippen molar-refractivity contribution in [2.24, 2.45) is 0 Å². The topological polar surface area (TPSA) is 74.6 Å². The van der Waals surface area contributed by atoms with E-state index in [1.54, 1.807) is 0 Å². The fraction of sp³-hybridized carbons (Fsp3) is 0.600. The second kappa shape index (κ2) is 6.59. The molecule has 0 radical (unpaired) electrons. The second-order valence-corrected chi connectivity index (χ2v) is 1.64. The van der Waals surface area contributed by atoms with Gasteiger partial charge in [-0.2, -0.15) is 0 Å². The number of carboxylic acids is 2. The largest absolute Gasteiger partial charge is 0.481 e. The average molecular weight is 184 g/mol. The Labute approximate surface area is 69.0 Å². The van der Waals surface area contributed by atoms with Gasteiger partial charge in [0.2, 0.25) is 0 Å². The Kier molecular flexibility index (Phi) is 8.03. The molecule has 0 atom stereocenters. The van der Waals surface area contributed by atoms with Gasteiger partial charge in [0.25, 0.3) is 0 Å². The van der Waals surface area contributed by atoms with Gasteiger partial charge in [0.1, 0.15) is 0 Å². The molecule has 0 aromatic heterocycles. The standard InChI is InChI=1S/C5H8O4.Cr/c6-4(7)2-1-3-5(8)9;/h1-3H2,(H,6,7)(H,8,9);. The van der Waals surface area contributed by atoms with Gasteiger partial charge < -0.3 is 10.2 Å². The summed E-state index contributed by atoms with van der Waals surface area (Å²) in [5.41, 5.74) is 0. The Hall–Kier alpha value is -0.528. The first-order valence-electron chi connectivity index (χ1n) is 2.56. The Bertz CT molecular complexity index is 109. The molecule has 0 bridgehead atoms. The molecule has 0 saturated heterocycles. The van der Waals surface area contributed by atoms with E-state index >= 15 is 0 Å². The minimum absolute atomic E-state index is 0. The van der Waals surface area contributed by atoms with Crippen molar-refractivity contribution in [3.63, 3.8) is 0 Å². The van der Waals surface area contributed by atoms with Crippen LogP contribution in [0.25, 0.3) is 0 Å². The van der Waals surface area contributed by atoms with Gasteiger partial charge in [0.05, 0.1) is 0 Å². The first kappa shape index (κ1) is 12.2.